The lowest BCUT2D eigenvalue weighted by Gasteiger charge is -2.13. The zero-order valence-electron chi connectivity index (χ0n) is 17.0. The normalized spacial score (nSPS) is 11.7. The number of rotatable bonds is 7. The van der Waals surface area contributed by atoms with Gasteiger partial charge < -0.3 is 0 Å². The minimum atomic E-state index is -3.70. The molecule has 0 amide bonds. The summed E-state index contributed by atoms with van der Waals surface area (Å²) < 4.78 is 43.3. The van der Waals surface area contributed by atoms with Crippen molar-refractivity contribution >= 4 is 21.1 Å². The smallest absolute Gasteiger partial charge is 0.237 e. The van der Waals surface area contributed by atoms with E-state index >= 15 is 4.39 Å². The molecule has 0 bridgehead atoms. The molecule has 5 nitrogen and oxygen atoms in total. The maximum absolute atomic E-state index is 15.1. The molecule has 0 atom stereocenters. The number of fused-ring (bicyclic) bond motifs is 1. The van der Waals surface area contributed by atoms with Gasteiger partial charge in [-0.1, -0.05) is 43.7 Å². The second-order valence-corrected chi connectivity index (χ2v) is 8.95. The van der Waals surface area contributed by atoms with Crippen LogP contribution >= 0.6 is 0 Å². The van der Waals surface area contributed by atoms with Gasteiger partial charge in [-0.2, -0.15) is 0 Å². The molecule has 2 aromatic heterocycles. The predicted molar refractivity (Wildman–Crippen MR) is 120 cm³/mol. The molecule has 31 heavy (non-hydrogen) atoms. The summed E-state index contributed by atoms with van der Waals surface area (Å²) in [7, 11) is -3.70. The van der Waals surface area contributed by atoms with E-state index in [1.165, 1.54) is 12.1 Å². The summed E-state index contributed by atoms with van der Waals surface area (Å²) in [6, 6.07) is 16.9. The first-order valence-electron chi connectivity index (χ1n) is 10.1. The number of nitrogens with zero attached hydrogens (tertiary/aromatic N) is 2. The minimum Gasteiger partial charge on any atom is -0.237 e. The van der Waals surface area contributed by atoms with Crippen LogP contribution in [0.4, 0.5) is 4.39 Å². The number of pyridine rings is 2. The van der Waals surface area contributed by atoms with Gasteiger partial charge >= 0.3 is 0 Å². The Morgan fingerprint density at radius 2 is 1.77 bits per heavy atom. The molecule has 158 valence electrons. The van der Waals surface area contributed by atoms with Crippen molar-refractivity contribution in [2.24, 2.45) is 0 Å². The molecule has 0 aliphatic heterocycles. The summed E-state index contributed by atoms with van der Waals surface area (Å²) in [5.74, 6) is -0.450. The second kappa shape index (κ2) is 8.91. The number of sulfonamides is 1. The van der Waals surface area contributed by atoms with E-state index in [9.17, 15) is 8.42 Å². The number of aromatic nitrogens is 2. The lowest BCUT2D eigenvalue weighted by Crippen LogP contribution is -2.25. The molecule has 7 heteroatoms. The van der Waals surface area contributed by atoms with Gasteiger partial charge in [0.1, 0.15) is 5.82 Å². The quantitative estimate of drug-likeness (QED) is 0.406. The molecule has 4 aromatic rings. The van der Waals surface area contributed by atoms with Crippen molar-refractivity contribution in [3.05, 3.63) is 78.9 Å². The summed E-state index contributed by atoms with van der Waals surface area (Å²) in [4.78, 5) is 8.62. The highest BCUT2D eigenvalue weighted by Crippen LogP contribution is 2.32. The van der Waals surface area contributed by atoms with Gasteiger partial charge in [-0.3, -0.25) is 0 Å². The van der Waals surface area contributed by atoms with Gasteiger partial charge in [0.15, 0.2) is 5.65 Å². The van der Waals surface area contributed by atoms with Crippen molar-refractivity contribution in [1.82, 2.24) is 14.7 Å². The number of hydrogen-bond acceptors (Lipinski definition) is 4. The SMILES string of the molecule is CCCCNS(=O)(=O)c1ccccc1-c1ccc(-c2cnc3ncccc3c2)c(F)c1. The Morgan fingerprint density at radius 3 is 2.58 bits per heavy atom. The van der Waals surface area contributed by atoms with Crippen LogP contribution in [-0.4, -0.2) is 24.9 Å². The number of unbranched alkanes of at least 4 members (excludes halogenated alkanes) is 1. The van der Waals surface area contributed by atoms with E-state index in [0.717, 1.165) is 18.2 Å². The van der Waals surface area contributed by atoms with Crippen LogP contribution in [0.15, 0.2) is 78.0 Å². The Kier molecular flexibility index (Phi) is 6.06. The molecule has 0 saturated carbocycles. The third-order valence-corrected chi connectivity index (χ3v) is 6.56. The van der Waals surface area contributed by atoms with Crippen LogP contribution in [0, 0.1) is 5.82 Å². The van der Waals surface area contributed by atoms with Gasteiger partial charge in [-0.05, 0) is 42.3 Å². The summed E-state index contributed by atoms with van der Waals surface area (Å²) in [6.45, 7) is 2.36. The lowest BCUT2D eigenvalue weighted by molar-refractivity contribution is 0.578. The van der Waals surface area contributed by atoms with Crippen LogP contribution in [0.1, 0.15) is 19.8 Å². The second-order valence-electron chi connectivity index (χ2n) is 7.22. The molecular formula is C24H22FN3O2S. The lowest BCUT2D eigenvalue weighted by atomic mass is 10.00. The van der Waals surface area contributed by atoms with Crippen molar-refractivity contribution < 1.29 is 12.8 Å². The minimum absolute atomic E-state index is 0.136. The number of benzene rings is 2. The molecule has 0 spiro atoms. The third kappa shape index (κ3) is 4.47. The molecular weight excluding hydrogens is 413 g/mol. The van der Waals surface area contributed by atoms with Gasteiger partial charge in [0, 0.05) is 41.0 Å². The maximum atomic E-state index is 15.1. The molecule has 2 heterocycles. The van der Waals surface area contributed by atoms with Gasteiger partial charge in [0.2, 0.25) is 10.0 Å². The van der Waals surface area contributed by atoms with Crippen molar-refractivity contribution in [2.45, 2.75) is 24.7 Å². The summed E-state index contributed by atoms with van der Waals surface area (Å²) in [5.41, 5.74) is 2.57. The van der Waals surface area contributed by atoms with Gasteiger partial charge in [0.05, 0.1) is 4.90 Å². The largest absolute Gasteiger partial charge is 0.241 e. The van der Waals surface area contributed by atoms with Gasteiger partial charge in [-0.25, -0.2) is 27.5 Å². The first-order valence-corrected chi connectivity index (χ1v) is 11.6. The standard InChI is InChI=1S/C24H22FN3O2S/c1-2-3-13-28-31(29,30)23-9-5-4-8-21(23)17-10-11-20(22(25)15-17)19-14-18-7-6-12-26-24(18)27-16-19/h4-12,14-16,28H,2-3,13H2,1H3. The molecule has 2 aromatic carbocycles. The molecule has 0 radical (unpaired) electrons. The van der Waals surface area contributed by atoms with Crippen LogP contribution in [0.5, 0.6) is 0 Å². The molecule has 4 rings (SSSR count). The Morgan fingerprint density at radius 1 is 0.935 bits per heavy atom. The monoisotopic (exact) mass is 435 g/mol. The highest BCUT2D eigenvalue weighted by Gasteiger charge is 2.19. The molecule has 0 aliphatic carbocycles. The number of halogens is 1. The average molecular weight is 436 g/mol. The van der Waals surface area contributed by atoms with E-state index < -0.39 is 15.8 Å². The van der Waals surface area contributed by atoms with E-state index in [4.69, 9.17) is 0 Å². The van der Waals surface area contributed by atoms with Crippen LogP contribution in [-0.2, 0) is 10.0 Å². The van der Waals surface area contributed by atoms with E-state index in [2.05, 4.69) is 14.7 Å². The summed E-state index contributed by atoms with van der Waals surface area (Å²) in [5, 5.41) is 0.818. The fraction of sp³-hybridized carbons (Fsp3) is 0.167. The summed E-state index contributed by atoms with van der Waals surface area (Å²) >= 11 is 0. The third-order valence-electron chi connectivity index (χ3n) is 5.04. The topological polar surface area (TPSA) is 72.0 Å². The fourth-order valence-electron chi connectivity index (χ4n) is 3.43. The van der Waals surface area contributed by atoms with Crippen LogP contribution in [0.3, 0.4) is 0 Å². The van der Waals surface area contributed by atoms with E-state index in [0.29, 0.717) is 34.4 Å². The zero-order chi connectivity index (χ0) is 21.8. The van der Waals surface area contributed by atoms with Crippen LogP contribution in [0.25, 0.3) is 33.3 Å². The Hall–Kier alpha value is -3.16. The fourth-order valence-corrected chi connectivity index (χ4v) is 4.73. The Labute approximate surface area is 181 Å². The molecule has 0 unspecified atom stereocenters. The van der Waals surface area contributed by atoms with Gasteiger partial charge in [-0.15, -0.1) is 0 Å². The molecule has 1 N–H and O–H groups in total. The van der Waals surface area contributed by atoms with E-state index in [1.54, 1.807) is 48.8 Å². The first-order chi connectivity index (χ1) is 15.0. The molecule has 0 aliphatic rings. The van der Waals surface area contributed by atoms with Crippen molar-refractivity contribution in [1.29, 1.82) is 0 Å². The highest BCUT2D eigenvalue weighted by molar-refractivity contribution is 7.89. The van der Waals surface area contributed by atoms with E-state index in [1.807, 2.05) is 19.1 Å². The van der Waals surface area contributed by atoms with Crippen molar-refractivity contribution in [3.8, 4) is 22.3 Å². The average Bonchev–Trinajstić information content (AvgIpc) is 2.79. The van der Waals surface area contributed by atoms with Gasteiger partial charge in [0.25, 0.3) is 0 Å². The molecule has 0 saturated heterocycles. The van der Waals surface area contributed by atoms with Crippen molar-refractivity contribution in [3.63, 3.8) is 0 Å². The first kappa shape index (κ1) is 21.1. The Bertz CT molecular complexity index is 1340. The number of hydrogen-bond donors (Lipinski definition) is 1. The van der Waals surface area contributed by atoms with Crippen molar-refractivity contribution in [2.75, 3.05) is 6.54 Å². The zero-order valence-corrected chi connectivity index (χ0v) is 17.9. The van der Waals surface area contributed by atoms with E-state index in [-0.39, 0.29) is 4.90 Å². The number of nitrogens with one attached hydrogen (secondary N) is 1. The highest BCUT2D eigenvalue weighted by atomic mass is 32.2. The van der Waals surface area contributed by atoms with Crippen LogP contribution < -0.4 is 4.72 Å². The predicted octanol–water partition coefficient (Wildman–Crippen LogP) is 5.18. The van der Waals surface area contributed by atoms with Crippen LogP contribution in [0.2, 0.25) is 0 Å². The Balaban J connectivity index is 1.72. The summed E-state index contributed by atoms with van der Waals surface area (Å²) in [6.07, 6.45) is 4.88. The maximum Gasteiger partial charge on any atom is 0.241 e. The molecule has 0 fully saturated rings.